The lowest BCUT2D eigenvalue weighted by Crippen LogP contribution is -2.32. The number of rotatable bonds is 11. The van der Waals surface area contributed by atoms with Gasteiger partial charge in [0.15, 0.2) is 5.82 Å². The Labute approximate surface area is 169 Å². The lowest BCUT2D eigenvalue weighted by Gasteiger charge is -2.21. The van der Waals surface area contributed by atoms with Crippen molar-refractivity contribution >= 4 is 26.7 Å². The Morgan fingerprint density at radius 2 is 1.71 bits per heavy atom. The van der Waals surface area contributed by atoms with Gasteiger partial charge >= 0.3 is 0 Å². The Morgan fingerprint density at radius 3 is 2.25 bits per heavy atom. The van der Waals surface area contributed by atoms with Crippen molar-refractivity contribution in [2.75, 3.05) is 31.1 Å². The molecule has 1 heterocycles. The molecule has 1 aromatic heterocycles. The first-order valence-electron chi connectivity index (χ1n) is 10.7. The van der Waals surface area contributed by atoms with Gasteiger partial charge in [0.25, 0.3) is 0 Å². The zero-order valence-corrected chi connectivity index (χ0v) is 18.5. The molecule has 1 aliphatic rings. The minimum Gasteiger partial charge on any atom is -0.355 e. The summed E-state index contributed by atoms with van der Waals surface area (Å²) in [4.78, 5) is 2.58. The highest BCUT2D eigenvalue weighted by molar-refractivity contribution is 7.89. The molecule has 1 aromatic carbocycles. The second-order valence-corrected chi connectivity index (χ2v) is 9.64. The summed E-state index contributed by atoms with van der Waals surface area (Å²) in [5.41, 5.74) is 1.03. The van der Waals surface area contributed by atoms with Crippen LogP contribution >= 0.6 is 0 Å². The maximum Gasteiger partial charge on any atom is 0.243 e. The van der Waals surface area contributed by atoms with Gasteiger partial charge in [-0.3, -0.25) is 4.68 Å². The number of nitrogens with zero attached hydrogens (tertiary/aromatic N) is 4. The number of fused-ring (bicyclic) bond motifs is 1. The summed E-state index contributed by atoms with van der Waals surface area (Å²) in [6, 6.07) is 5.54. The van der Waals surface area contributed by atoms with Crippen molar-refractivity contribution in [2.24, 2.45) is 5.92 Å². The second-order valence-electron chi connectivity index (χ2n) is 7.70. The highest BCUT2D eigenvalue weighted by atomic mass is 32.2. The molecule has 0 bridgehead atoms. The van der Waals surface area contributed by atoms with Crippen LogP contribution in [-0.2, 0) is 16.6 Å². The molecular formula is C21H34N4O2S. The number of aromatic nitrogens is 2. The zero-order valence-electron chi connectivity index (χ0n) is 17.7. The van der Waals surface area contributed by atoms with E-state index in [2.05, 4.69) is 23.4 Å². The van der Waals surface area contributed by atoms with Crippen LogP contribution in [0.3, 0.4) is 0 Å². The van der Waals surface area contributed by atoms with E-state index < -0.39 is 10.0 Å². The van der Waals surface area contributed by atoms with E-state index >= 15 is 0 Å². The van der Waals surface area contributed by atoms with Gasteiger partial charge in [-0.05, 0) is 63.6 Å². The van der Waals surface area contributed by atoms with Crippen molar-refractivity contribution in [1.82, 2.24) is 14.1 Å². The number of anilines is 1. The smallest absolute Gasteiger partial charge is 0.243 e. The maximum absolute atomic E-state index is 13.3. The van der Waals surface area contributed by atoms with Crippen LogP contribution < -0.4 is 4.90 Å². The Hall–Kier alpha value is -1.60. The molecule has 0 saturated heterocycles. The monoisotopic (exact) mass is 406 g/mol. The highest BCUT2D eigenvalue weighted by Crippen LogP contribution is 2.35. The molecule has 0 unspecified atom stereocenters. The fourth-order valence-electron chi connectivity index (χ4n) is 3.74. The van der Waals surface area contributed by atoms with E-state index in [0.717, 1.165) is 49.2 Å². The van der Waals surface area contributed by atoms with E-state index in [0.29, 0.717) is 23.9 Å². The molecule has 1 saturated carbocycles. The molecule has 1 fully saturated rings. The zero-order chi connectivity index (χ0) is 20.3. The van der Waals surface area contributed by atoms with E-state index in [1.807, 2.05) is 26.0 Å². The molecule has 156 valence electrons. The van der Waals surface area contributed by atoms with Gasteiger partial charge < -0.3 is 4.90 Å². The van der Waals surface area contributed by atoms with Crippen molar-refractivity contribution < 1.29 is 8.42 Å². The molecule has 1 aliphatic carbocycles. The number of sulfonamides is 1. The van der Waals surface area contributed by atoms with Crippen LogP contribution in [0.1, 0.15) is 53.4 Å². The van der Waals surface area contributed by atoms with Gasteiger partial charge in [0.1, 0.15) is 0 Å². The minimum atomic E-state index is -3.50. The minimum absolute atomic E-state index is 0.376. The molecule has 0 radical (unpaired) electrons. The normalized spacial score (nSPS) is 14.9. The SMILES string of the molecule is CCCN(CCC)S(=O)(=O)c1ccc2c(c1)c(N(CC)CC)nn2CC1CC1. The Balaban J connectivity index is 2.08. The third-order valence-corrected chi connectivity index (χ3v) is 7.37. The summed E-state index contributed by atoms with van der Waals surface area (Å²) in [7, 11) is -3.50. The molecule has 28 heavy (non-hydrogen) atoms. The molecule has 6 nitrogen and oxygen atoms in total. The second kappa shape index (κ2) is 8.82. The van der Waals surface area contributed by atoms with E-state index in [1.165, 1.54) is 12.8 Å². The van der Waals surface area contributed by atoms with Crippen molar-refractivity contribution in [2.45, 2.75) is 64.8 Å². The number of hydrogen-bond acceptors (Lipinski definition) is 4. The molecule has 0 atom stereocenters. The van der Waals surface area contributed by atoms with Crippen LogP contribution in [0.5, 0.6) is 0 Å². The van der Waals surface area contributed by atoms with Gasteiger partial charge in [0, 0.05) is 38.1 Å². The highest BCUT2D eigenvalue weighted by Gasteiger charge is 2.27. The third-order valence-electron chi connectivity index (χ3n) is 5.48. The van der Waals surface area contributed by atoms with Crippen LogP contribution in [-0.4, -0.2) is 48.7 Å². The van der Waals surface area contributed by atoms with Gasteiger partial charge in [0.05, 0.1) is 10.4 Å². The molecule has 0 spiro atoms. The van der Waals surface area contributed by atoms with Crippen molar-refractivity contribution in [3.8, 4) is 0 Å². The van der Waals surface area contributed by atoms with Gasteiger partial charge in [-0.2, -0.15) is 9.40 Å². The van der Waals surface area contributed by atoms with Gasteiger partial charge in [0.2, 0.25) is 10.0 Å². The standard InChI is InChI=1S/C21H34N4O2S/c1-5-13-24(14-6-2)28(26,27)18-11-12-20-19(15-18)21(23(7-3)8-4)22-25(20)16-17-9-10-17/h11-12,15,17H,5-10,13-14,16H2,1-4H3. The van der Waals surface area contributed by atoms with Gasteiger partial charge in [-0.1, -0.05) is 13.8 Å². The summed E-state index contributed by atoms with van der Waals surface area (Å²) >= 11 is 0. The molecule has 0 aliphatic heterocycles. The van der Waals surface area contributed by atoms with E-state index in [4.69, 9.17) is 5.10 Å². The molecule has 2 aromatic rings. The summed E-state index contributed by atoms with van der Waals surface area (Å²) < 4.78 is 30.2. The predicted molar refractivity (Wildman–Crippen MR) is 115 cm³/mol. The lowest BCUT2D eigenvalue weighted by atomic mass is 10.2. The fourth-order valence-corrected chi connectivity index (χ4v) is 5.39. The summed E-state index contributed by atoms with van der Waals surface area (Å²) in [5.74, 6) is 1.61. The molecule has 0 amide bonds. The molecule has 0 N–H and O–H groups in total. The first-order valence-corrected chi connectivity index (χ1v) is 12.2. The van der Waals surface area contributed by atoms with E-state index in [-0.39, 0.29) is 0 Å². The fraction of sp³-hybridized carbons (Fsp3) is 0.667. The average molecular weight is 407 g/mol. The average Bonchev–Trinajstić information content (AvgIpc) is 3.44. The third kappa shape index (κ3) is 4.20. The van der Waals surface area contributed by atoms with Crippen LogP contribution in [0.25, 0.3) is 10.9 Å². The predicted octanol–water partition coefficient (Wildman–Crippen LogP) is 4.10. The van der Waals surface area contributed by atoms with E-state index in [1.54, 1.807) is 10.4 Å². The lowest BCUT2D eigenvalue weighted by molar-refractivity contribution is 0.410. The largest absolute Gasteiger partial charge is 0.355 e. The first-order chi connectivity index (χ1) is 13.5. The van der Waals surface area contributed by atoms with Crippen LogP contribution in [0, 0.1) is 5.92 Å². The van der Waals surface area contributed by atoms with Gasteiger partial charge in [-0.25, -0.2) is 8.42 Å². The molecular weight excluding hydrogens is 372 g/mol. The summed E-state index contributed by atoms with van der Waals surface area (Å²) in [5, 5.41) is 5.83. The van der Waals surface area contributed by atoms with Crippen LogP contribution in [0.2, 0.25) is 0 Å². The maximum atomic E-state index is 13.3. The summed E-state index contributed by atoms with van der Waals surface area (Å²) in [6.07, 6.45) is 4.14. The number of benzene rings is 1. The van der Waals surface area contributed by atoms with Crippen molar-refractivity contribution in [3.05, 3.63) is 18.2 Å². The number of hydrogen-bond donors (Lipinski definition) is 0. The van der Waals surface area contributed by atoms with Crippen LogP contribution in [0.15, 0.2) is 23.1 Å². The molecule has 3 rings (SSSR count). The summed E-state index contributed by atoms with van der Waals surface area (Å²) in [6.45, 7) is 12.0. The first kappa shape index (κ1) is 21.1. The Kier molecular flexibility index (Phi) is 6.65. The van der Waals surface area contributed by atoms with E-state index in [9.17, 15) is 8.42 Å². The molecule has 7 heteroatoms. The van der Waals surface area contributed by atoms with Crippen LogP contribution in [0.4, 0.5) is 5.82 Å². The topological polar surface area (TPSA) is 58.4 Å². The Bertz CT molecular complexity index is 893. The van der Waals surface area contributed by atoms with Crippen molar-refractivity contribution in [3.63, 3.8) is 0 Å². The quantitative estimate of drug-likeness (QED) is 0.564. The Morgan fingerprint density at radius 1 is 1.07 bits per heavy atom. The van der Waals surface area contributed by atoms with Crippen molar-refractivity contribution in [1.29, 1.82) is 0 Å². The van der Waals surface area contributed by atoms with Gasteiger partial charge in [-0.15, -0.1) is 0 Å².